The molecule has 0 saturated heterocycles. The molecule has 2 N–H and O–H groups in total. The molecular formula is C2H2CrK2O8. The molecule has 11 heteroatoms. The number of hydrogen-bond donors (Lipinski definition) is 2. The van der Waals surface area contributed by atoms with Crippen molar-refractivity contribution in [3.8, 4) is 0 Å². The number of carbonyl (C=O) groups is 2. The first-order valence-electron chi connectivity index (χ1n) is 1.77. The van der Waals surface area contributed by atoms with Crippen molar-refractivity contribution in [3.63, 3.8) is 0 Å². The average molecular weight is 284 g/mol. The van der Waals surface area contributed by atoms with Crippen molar-refractivity contribution >= 4 is 11.9 Å². The fourth-order valence-corrected chi connectivity index (χ4v) is 0. The Balaban J connectivity index is -0.0000000546. The molecule has 0 spiro atoms. The molecule has 0 heterocycles. The van der Waals surface area contributed by atoms with E-state index in [1.165, 1.54) is 0 Å². The van der Waals surface area contributed by atoms with Crippen molar-refractivity contribution < 1.29 is 152 Å². The van der Waals surface area contributed by atoms with Gasteiger partial charge >= 0.3 is 138 Å². The predicted molar refractivity (Wildman–Crippen MR) is 16.2 cm³/mol. The predicted octanol–water partition coefficient (Wildman–Crippen LogP) is -10.2. The van der Waals surface area contributed by atoms with E-state index in [0.717, 1.165) is 0 Å². The van der Waals surface area contributed by atoms with Gasteiger partial charge < -0.3 is 15.0 Å². The van der Waals surface area contributed by atoms with Crippen molar-refractivity contribution in [1.82, 2.24) is 0 Å². The molecule has 0 radical (unpaired) electrons. The summed E-state index contributed by atoms with van der Waals surface area (Å²) in [4.78, 5) is 18.0. The maximum absolute atomic E-state index is 9.04. The Morgan fingerprint density at radius 1 is 1.15 bits per heavy atom. The number of carboxylic acid groups (broad SMARTS) is 2. The van der Waals surface area contributed by atoms with E-state index in [9.17, 15) is 0 Å². The molecule has 0 saturated carbocycles. The Morgan fingerprint density at radius 3 is 1.23 bits per heavy atom. The van der Waals surface area contributed by atoms with Crippen LogP contribution in [0.4, 0.5) is 0 Å². The van der Waals surface area contributed by atoms with Crippen LogP contribution in [-0.4, -0.2) is 21.2 Å². The number of rotatable bonds is 0. The summed E-state index contributed by atoms with van der Waals surface area (Å²) < 4.78 is 33.1. The third-order valence-electron chi connectivity index (χ3n) is 0.175. The topological polar surface area (TPSA) is 155 Å². The number of carboxylic acids is 2. The molecule has 0 amide bonds. The summed E-state index contributed by atoms with van der Waals surface area (Å²) in [5, 5.41) is 16.3. The van der Waals surface area contributed by atoms with Gasteiger partial charge in [-0.3, -0.25) is 0 Å². The summed E-state index contributed by atoms with van der Waals surface area (Å²) in [5.74, 6) is -4.01. The summed E-state index contributed by atoms with van der Waals surface area (Å²) in [6.07, 6.45) is 0. The van der Waals surface area contributed by atoms with Crippen LogP contribution in [0.2, 0.25) is 0 Å². The van der Waals surface area contributed by atoms with E-state index in [1.54, 1.807) is 0 Å². The first-order valence-corrected chi connectivity index (χ1v) is 3.90. The monoisotopic (exact) mass is 284 g/mol. The van der Waals surface area contributed by atoms with Gasteiger partial charge in [0.15, 0.2) is 5.97 Å². The second-order valence-electron chi connectivity index (χ2n) is 1.02. The van der Waals surface area contributed by atoms with Crippen LogP contribution in [0.1, 0.15) is 0 Å². The number of aliphatic carboxylic acids is 2. The Labute approximate surface area is 160 Å². The van der Waals surface area contributed by atoms with Crippen molar-refractivity contribution in [1.29, 1.82) is 0 Å². The van der Waals surface area contributed by atoms with E-state index in [1.807, 2.05) is 0 Å². The molecule has 13 heavy (non-hydrogen) atoms. The molecule has 0 fully saturated rings. The van der Waals surface area contributed by atoms with Crippen LogP contribution in [-0.2, 0) is 30.8 Å². The van der Waals surface area contributed by atoms with Crippen molar-refractivity contribution in [2.24, 2.45) is 0 Å². The fourth-order valence-electron chi connectivity index (χ4n) is 0. The number of carbonyl (C=O) groups excluding carboxylic acids is 1. The van der Waals surface area contributed by atoms with Crippen molar-refractivity contribution in [2.45, 2.75) is 0 Å². The molecule has 8 nitrogen and oxygen atoms in total. The second kappa shape index (κ2) is 12.3. The standard InChI is InChI=1S/C2H2O4.Cr.2K.H2O.3O/c3-1(4)2(5)6;;;;;;;/h(H,3,4)(H,5,6);;;;1H2;;;/q;3*+1;;;;-1/p-2. The van der Waals surface area contributed by atoms with Crippen LogP contribution in [0.15, 0.2) is 0 Å². The molecule has 66 valence electrons. The van der Waals surface area contributed by atoms with Crippen LogP contribution < -0.4 is 112 Å². The van der Waals surface area contributed by atoms with Gasteiger partial charge in [0.25, 0.3) is 0 Å². The van der Waals surface area contributed by atoms with E-state index in [4.69, 9.17) is 35.7 Å². The van der Waals surface area contributed by atoms with Gasteiger partial charge in [0.2, 0.25) is 0 Å². The van der Waals surface area contributed by atoms with Crippen LogP contribution in [0.5, 0.6) is 0 Å². The maximum atomic E-state index is 9.04. The van der Waals surface area contributed by atoms with Crippen LogP contribution >= 0.6 is 0 Å². The molecule has 0 aliphatic carbocycles. The van der Waals surface area contributed by atoms with Crippen LogP contribution in [0.3, 0.4) is 0 Å². The molecule has 0 rings (SSSR count). The Kier molecular flexibility index (Phi) is 23.2. The van der Waals surface area contributed by atoms with Gasteiger partial charge in [-0.15, -0.1) is 0 Å². The van der Waals surface area contributed by atoms with Crippen molar-refractivity contribution in [3.05, 3.63) is 0 Å². The molecule has 0 unspecified atom stereocenters. The zero-order valence-corrected chi connectivity index (χ0v) is 14.3. The van der Waals surface area contributed by atoms with E-state index in [0.29, 0.717) is 0 Å². The molecule has 0 atom stereocenters. The number of hydrogen-bond acceptors (Lipinski definition) is 6. The van der Waals surface area contributed by atoms with Gasteiger partial charge in [-0.25, -0.2) is 4.79 Å². The summed E-state index contributed by atoms with van der Waals surface area (Å²) in [7, 11) is 0. The molecular weight excluding hydrogens is 282 g/mol. The third-order valence-corrected chi connectivity index (χ3v) is 0.175. The summed E-state index contributed by atoms with van der Waals surface area (Å²) in [6.45, 7) is 0. The summed E-state index contributed by atoms with van der Waals surface area (Å²) in [6, 6.07) is 0. The molecule has 0 aliphatic heterocycles. The van der Waals surface area contributed by atoms with Gasteiger partial charge in [-0.2, -0.15) is 0 Å². The van der Waals surface area contributed by atoms with E-state index in [2.05, 4.69) is 0 Å². The van der Waals surface area contributed by atoms with E-state index in [-0.39, 0.29) is 103 Å². The molecule has 0 bridgehead atoms. The van der Waals surface area contributed by atoms with Crippen molar-refractivity contribution in [2.75, 3.05) is 0 Å². The zero-order valence-electron chi connectivity index (χ0n) is 6.75. The van der Waals surface area contributed by atoms with Gasteiger partial charge in [0.05, 0.1) is 0 Å². The second-order valence-corrected chi connectivity index (χ2v) is 2.36. The average Bonchev–Trinajstić information content (AvgIpc) is 1.59. The van der Waals surface area contributed by atoms with Gasteiger partial charge in [-0.1, -0.05) is 0 Å². The van der Waals surface area contributed by atoms with Crippen LogP contribution in [0.25, 0.3) is 0 Å². The van der Waals surface area contributed by atoms with E-state index >= 15 is 0 Å². The Hall–Kier alpha value is 2.27. The van der Waals surface area contributed by atoms with Crippen LogP contribution in [0, 0.1) is 0 Å². The Morgan fingerprint density at radius 2 is 1.23 bits per heavy atom. The van der Waals surface area contributed by atoms with Gasteiger partial charge in [0.1, 0.15) is 0 Å². The minimum absolute atomic E-state index is 0. The SMILES string of the molecule is O=C([O-])C(=O)O.[K+].[K+].[O]=[Cr](=[O])([O-])[OH]. The fraction of sp³-hybridized carbons (Fsp3) is 0. The first kappa shape index (κ1) is 24.5. The normalized spacial score (nSPS) is 7.85. The first-order chi connectivity index (χ1) is 4.64. The van der Waals surface area contributed by atoms with Gasteiger partial charge in [0, 0.05) is 0 Å². The zero-order chi connectivity index (χ0) is 9.65. The molecule has 0 aromatic carbocycles. The quantitative estimate of drug-likeness (QED) is 0.328. The molecule has 0 aliphatic rings. The van der Waals surface area contributed by atoms with E-state index < -0.39 is 25.6 Å². The summed E-state index contributed by atoms with van der Waals surface area (Å²) >= 11 is -5.50. The Bertz CT molecular complexity index is 223. The minimum atomic E-state index is -5.50. The molecule has 0 aromatic heterocycles. The third kappa shape index (κ3) is 54.7. The summed E-state index contributed by atoms with van der Waals surface area (Å²) in [5.41, 5.74) is 0. The van der Waals surface area contributed by atoms with Gasteiger partial charge in [-0.05, 0) is 0 Å². The molecule has 0 aromatic rings.